The lowest BCUT2D eigenvalue weighted by atomic mass is 10.1. The highest BCUT2D eigenvalue weighted by Crippen LogP contribution is 2.18. The Hall–Kier alpha value is -1.40. The molecule has 0 spiro atoms. The summed E-state index contributed by atoms with van der Waals surface area (Å²) in [6.07, 6.45) is 0.807. The zero-order chi connectivity index (χ0) is 15.5. The van der Waals surface area contributed by atoms with E-state index in [2.05, 4.69) is 0 Å². The van der Waals surface area contributed by atoms with Crippen LogP contribution in [0.15, 0.2) is 35.2 Å². The third-order valence-corrected chi connectivity index (χ3v) is 5.88. The van der Waals surface area contributed by atoms with Gasteiger partial charge in [0.2, 0.25) is 15.9 Å². The molecule has 2 rings (SSSR count). The molecule has 21 heavy (non-hydrogen) atoms. The molecule has 1 atom stereocenters. The standard InChI is InChI=1S/C15H22N2O3S/c1-3-13(2)15(18)16-9-11-17(12-10-16)21(19,20)14-7-5-4-6-8-14/h4-8,13H,3,9-12H2,1-2H3/t13-/m0/s1. The van der Waals surface area contributed by atoms with E-state index in [9.17, 15) is 13.2 Å². The lowest BCUT2D eigenvalue weighted by Gasteiger charge is -2.35. The van der Waals surface area contributed by atoms with Crippen LogP contribution in [0.4, 0.5) is 0 Å². The Kier molecular flexibility index (Phi) is 5.00. The van der Waals surface area contributed by atoms with Crippen molar-refractivity contribution in [1.82, 2.24) is 9.21 Å². The van der Waals surface area contributed by atoms with Crippen LogP contribution in [-0.4, -0.2) is 49.7 Å². The van der Waals surface area contributed by atoms with Crippen LogP contribution < -0.4 is 0 Å². The molecule has 0 saturated carbocycles. The fourth-order valence-electron chi connectivity index (χ4n) is 2.38. The lowest BCUT2D eigenvalue weighted by molar-refractivity contribution is -0.136. The molecule has 0 bridgehead atoms. The fraction of sp³-hybridized carbons (Fsp3) is 0.533. The molecule has 6 heteroatoms. The molecule has 5 nitrogen and oxygen atoms in total. The Balaban J connectivity index is 2.03. The third kappa shape index (κ3) is 3.44. The SMILES string of the molecule is CC[C@H](C)C(=O)N1CCN(S(=O)(=O)c2ccccc2)CC1. The number of nitrogens with zero attached hydrogens (tertiary/aromatic N) is 2. The molecule has 0 radical (unpaired) electrons. The first kappa shape index (κ1) is 16.0. The zero-order valence-corrected chi connectivity index (χ0v) is 13.3. The number of hydrogen-bond acceptors (Lipinski definition) is 3. The predicted octanol–water partition coefficient (Wildman–Crippen LogP) is 1.57. The van der Waals surface area contributed by atoms with Gasteiger partial charge in [0.15, 0.2) is 0 Å². The molecule has 0 aromatic heterocycles. The van der Waals surface area contributed by atoms with E-state index in [1.54, 1.807) is 35.2 Å². The first-order valence-electron chi connectivity index (χ1n) is 7.30. The second-order valence-electron chi connectivity index (χ2n) is 5.35. The van der Waals surface area contributed by atoms with Gasteiger partial charge < -0.3 is 4.90 Å². The van der Waals surface area contributed by atoms with E-state index in [4.69, 9.17) is 0 Å². The molecule has 1 saturated heterocycles. The van der Waals surface area contributed by atoms with Gasteiger partial charge in [0.1, 0.15) is 0 Å². The first-order chi connectivity index (χ1) is 9.96. The highest BCUT2D eigenvalue weighted by molar-refractivity contribution is 7.89. The topological polar surface area (TPSA) is 57.7 Å². The maximum absolute atomic E-state index is 12.5. The van der Waals surface area contributed by atoms with Crippen LogP contribution in [0.2, 0.25) is 0 Å². The number of hydrogen-bond donors (Lipinski definition) is 0. The van der Waals surface area contributed by atoms with Gasteiger partial charge in [-0.1, -0.05) is 32.0 Å². The van der Waals surface area contributed by atoms with E-state index < -0.39 is 10.0 Å². The van der Waals surface area contributed by atoms with Gasteiger partial charge >= 0.3 is 0 Å². The fourth-order valence-corrected chi connectivity index (χ4v) is 3.82. The number of sulfonamides is 1. The quantitative estimate of drug-likeness (QED) is 0.848. The van der Waals surface area contributed by atoms with Gasteiger partial charge in [-0.15, -0.1) is 0 Å². The van der Waals surface area contributed by atoms with Gasteiger partial charge in [0.25, 0.3) is 0 Å². The molecule has 0 aliphatic carbocycles. The van der Waals surface area contributed by atoms with E-state index in [-0.39, 0.29) is 11.8 Å². The summed E-state index contributed by atoms with van der Waals surface area (Å²) < 4.78 is 26.4. The third-order valence-electron chi connectivity index (χ3n) is 3.97. The minimum atomic E-state index is -3.44. The highest BCUT2D eigenvalue weighted by Gasteiger charge is 2.30. The van der Waals surface area contributed by atoms with Crippen LogP contribution in [0.25, 0.3) is 0 Å². The van der Waals surface area contributed by atoms with Crippen LogP contribution in [0, 0.1) is 5.92 Å². The highest BCUT2D eigenvalue weighted by atomic mass is 32.2. The summed E-state index contributed by atoms with van der Waals surface area (Å²) in [6.45, 7) is 5.55. The Bertz CT molecular complexity index is 578. The molecule has 1 aromatic rings. The molecule has 1 aromatic carbocycles. The summed E-state index contributed by atoms with van der Waals surface area (Å²) in [5, 5.41) is 0. The second kappa shape index (κ2) is 6.58. The number of benzene rings is 1. The Labute approximate surface area is 126 Å². The Morgan fingerprint density at radius 3 is 2.24 bits per heavy atom. The van der Waals surface area contributed by atoms with E-state index in [0.29, 0.717) is 31.1 Å². The van der Waals surface area contributed by atoms with Gasteiger partial charge in [-0.05, 0) is 18.6 Å². The average Bonchev–Trinajstić information content (AvgIpc) is 2.54. The summed E-state index contributed by atoms with van der Waals surface area (Å²) in [7, 11) is -3.44. The summed E-state index contributed by atoms with van der Waals surface area (Å²) >= 11 is 0. The van der Waals surface area contributed by atoms with Crippen molar-refractivity contribution < 1.29 is 13.2 Å². The molecule has 1 amide bonds. The second-order valence-corrected chi connectivity index (χ2v) is 7.29. The summed E-state index contributed by atoms with van der Waals surface area (Å²) in [6, 6.07) is 8.44. The molecule has 1 heterocycles. The van der Waals surface area contributed by atoms with Crippen LogP contribution >= 0.6 is 0 Å². The van der Waals surface area contributed by atoms with Crippen molar-refractivity contribution in [2.75, 3.05) is 26.2 Å². The van der Waals surface area contributed by atoms with Crippen molar-refractivity contribution in [2.24, 2.45) is 5.92 Å². The van der Waals surface area contributed by atoms with Crippen molar-refractivity contribution in [3.63, 3.8) is 0 Å². The van der Waals surface area contributed by atoms with E-state index in [1.807, 2.05) is 13.8 Å². The maximum Gasteiger partial charge on any atom is 0.243 e. The van der Waals surface area contributed by atoms with E-state index >= 15 is 0 Å². The summed E-state index contributed by atoms with van der Waals surface area (Å²) in [5.41, 5.74) is 0. The number of carbonyl (C=O) groups is 1. The van der Waals surface area contributed by atoms with Crippen LogP contribution in [0.3, 0.4) is 0 Å². The molecule has 1 aliphatic heterocycles. The minimum Gasteiger partial charge on any atom is -0.340 e. The number of carbonyl (C=O) groups excluding carboxylic acids is 1. The van der Waals surface area contributed by atoms with Gasteiger partial charge in [-0.2, -0.15) is 4.31 Å². The van der Waals surface area contributed by atoms with Crippen molar-refractivity contribution in [3.05, 3.63) is 30.3 Å². The number of rotatable bonds is 4. The Morgan fingerprint density at radius 2 is 1.71 bits per heavy atom. The molecule has 116 valence electrons. The van der Waals surface area contributed by atoms with E-state index in [1.165, 1.54) is 4.31 Å². The van der Waals surface area contributed by atoms with Gasteiger partial charge in [-0.25, -0.2) is 8.42 Å². The molecule has 0 unspecified atom stereocenters. The molecule has 0 N–H and O–H groups in total. The summed E-state index contributed by atoms with van der Waals surface area (Å²) in [5.74, 6) is 0.122. The van der Waals surface area contributed by atoms with Crippen LogP contribution in [0.5, 0.6) is 0 Å². The largest absolute Gasteiger partial charge is 0.340 e. The molecule has 1 fully saturated rings. The zero-order valence-electron chi connectivity index (χ0n) is 12.5. The van der Waals surface area contributed by atoms with Gasteiger partial charge in [0.05, 0.1) is 4.90 Å². The predicted molar refractivity (Wildman–Crippen MR) is 81.2 cm³/mol. The minimum absolute atomic E-state index is 0.00211. The van der Waals surface area contributed by atoms with Crippen molar-refractivity contribution >= 4 is 15.9 Å². The van der Waals surface area contributed by atoms with Crippen LogP contribution in [-0.2, 0) is 14.8 Å². The van der Waals surface area contributed by atoms with Crippen LogP contribution in [0.1, 0.15) is 20.3 Å². The Morgan fingerprint density at radius 1 is 1.14 bits per heavy atom. The number of piperazine rings is 1. The monoisotopic (exact) mass is 310 g/mol. The van der Waals surface area contributed by atoms with Gasteiger partial charge in [-0.3, -0.25) is 4.79 Å². The number of amides is 1. The maximum atomic E-state index is 12.5. The van der Waals surface area contributed by atoms with Crippen molar-refractivity contribution in [1.29, 1.82) is 0 Å². The average molecular weight is 310 g/mol. The van der Waals surface area contributed by atoms with Crippen molar-refractivity contribution in [2.45, 2.75) is 25.2 Å². The molecular weight excluding hydrogens is 288 g/mol. The molecule has 1 aliphatic rings. The van der Waals surface area contributed by atoms with Crippen molar-refractivity contribution in [3.8, 4) is 0 Å². The first-order valence-corrected chi connectivity index (χ1v) is 8.74. The smallest absolute Gasteiger partial charge is 0.243 e. The normalized spacial score (nSPS) is 18.5. The van der Waals surface area contributed by atoms with Gasteiger partial charge in [0, 0.05) is 32.1 Å². The molecular formula is C15H22N2O3S. The summed E-state index contributed by atoms with van der Waals surface area (Å²) in [4.78, 5) is 14.2. The lowest BCUT2D eigenvalue weighted by Crippen LogP contribution is -2.51. The van der Waals surface area contributed by atoms with E-state index in [0.717, 1.165) is 6.42 Å².